The maximum absolute atomic E-state index is 6.14. The maximum atomic E-state index is 6.14. The standard InChI is InChI=1S/C14H24N4/c1-4-6-18(7-5-2)14-12-10(3)8-11(15)13(12)16-9-17-14/h9-11H,4-8,15H2,1-3H3. The second-order valence-electron chi connectivity index (χ2n) is 5.23. The lowest BCUT2D eigenvalue weighted by Crippen LogP contribution is -2.27. The van der Waals surface area contributed by atoms with E-state index in [9.17, 15) is 0 Å². The van der Waals surface area contributed by atoms with Crippen molar-refractivity contribution < 1.29 is 0 Å². The van der Waals surface area contributed by atoms with E-state index in [1.165, 1.54) is 5.56 Å². The Morgan fingerprint density at radius 1 is 1.28 bits per heavy atom. The molecule has 1 aliphatic rings. The number of fused-ring (bicyclic) bond motifs is 1. The van der Waals surface area contributed by atoms with Crippen LogP contribution in [0.5, 0.6) is 0 Å². The molecule has 4 heteroatoms. The van der Waals surface area contributed by atoms with Gasteiger partial charge in [0, 0.05) is 24.7 Å². The molecule has 2 atom stereocenters. The molecule has 0 aliphatic heterocycles. The van der Waals surface area contributed by atoms with Gasteiger partial charge in [0.2, 0.25) is 0 Å². The predicted molar refractivity (Wildman–Crippen MR) is 74.8 cm³/mol. The van der Waals surface area contributed by atoms with E-state index in [-0.39, 0.29) is 6.04 Å². The fourth-order valence-electron chi connectivity index (χ4n) is 2.89. The van der Waals surface area contributed by atoms with Gasteiger partial charge in [-0.1, -0.05) is 20.8 Å². The van der Waals surface area contributed by atoms with Gasteiger partial charge in [-0.05, 0) is 25.2 Å². The summed E-state index contributed by atoms with van der Waals surface area (Å²) in [4.78, 5) is 11.3. The first-order chi connectivity index (χ1) is 8.69. The molecular weight excluding hydrogens is 224 g/mol. The summed E-state index contributed by atoms with van der Waals surface area (Å²) >= 11 is 0. The molecule has 1 aliphatic carbocycles. The van der Waals surface area contributed by atoms with Gasteiger partial charge in [0.25, 0.3) is 0 Å². The largest absolute Gasteiger partial charge is 0.356 e. The van der Waals surface area contributed by atoms with Crippen molar-refractivity contribution >= 4 is 5.82 Å². The Morgan fingerprint density at radius 3 is 2.56 bits per heavy atom. The Kier molecular flexibility index (Phi) is 4.17. The van der Waals surface area contributed by atoms with Crippen molar-refractivity contribution in [2.24, 2.45) is 5.73 Å². The van der Waals surface area contributed by atoms with Gasteiger partial charge in [0.05, 0.1) is 5.69 Å². The highest BCUT2D eigenvalue weighted by Crippen LogP contribution is 2.41. The second kappa shape index (κ2) is 5.65. The fourth-order valence-corrected chi connectivity index (χ4v) is 2.89. The van der Waals surface area contributed by atoms with E-state index in [4.69, 9.17) is 5.73 Å². The molecule has 0 bridgehead atoms. The third-order valence-corrected chi connectivity index (χ3v) is 3.63. The number of nitrogens with zero attached hydrogens (tertiary/aromatic N) is 3. The summed E-state index contributed by atoms with van der Waals surface area (Å²) in [5.41, 5.74) is 8.49. The van der Waals surface area contributed by atoms with E-state index in [0.717, 1.165) is 43.9 Å². The van der Waals surface area contributed by atoms with Gasteiger partial charge in [0.1, 0.15) is 12.1 Å². The summed E-state index contributed by atoms with van der Waals surface area (Å²) < 4.78 is 0. The first-order valence-electron chi connectivity index (χ1n) is 7.04. The molecule has 0 aromatic carbocycles. The van der Waals surface area contributed by atoms with Crippen LogP contribution in [0.4, 0.5) is 5.82 Å². The molecule has 100 valence electrons. The molecule has 1 heterocycles. The highest BCUT2D eigenvalue weighted by atomic mass is 15.2. The molecule has 4 nitrogen and oxygen atoms in total. The number of hydrogen-bond acceptors (Lipinski definition) is 4. The van der Waals surface area contributed by atoms with Crippen molar-refractivity contribution in [2.45, 2.75) is 52.0 Å². The fraction of sp³-hybridized carbons (Fsp3) is 0.714. The van der Waals surface area contributed by atoms with Crippen LogP contribution >= 0.6 is 0 Å². The Labute approximate surface area is 110 Å². The average Bonchev–Trinajstić information content (AvgIpc) is 2.65. The van der Waals surface area contributed by atoms with E-state index in [1.807, 2.05) is 0 Å². The van der Waals surface area contributed by atoms with Crippen LogP contribution in [0, 0.1) is 0 Å². The molecule has 1 aromatic rings. The van der Waals surface area contributed by atoms with Gasteiger partial charge in [0.15, 0.2) is 0 Å². The lowest BCUT2D eigenvalue weighted by Gasteiger charge is -2.25. The average molecular weight is 248 g/mol. The van der Waals surface area contributed by atoms with E-state index in [0.29, 0.717) is 5.92 Å². The number of nitrogens with two attached hydrogens (primary N) is 1. The smallest absolute Gasteiger partial charge is 0.135 e. The zero-order valence-electron chi connectivity index (χ0n) is 11.7. The normalized spacial score (nSPS) is 22.0. The van der Waals surface area contributed by atoms with Crippen LogP contribution in [0.3, 0.4) is 0 Å². The SMILES string of the molecule is CCCN(CCC)c1ncnc2c1C(C)CC2N. The molecule has 1 aromatic heterocycles. The van der Waals surface area contributed by atoms with Crippen molar-refractivity contribution in [1.29, 1.82) is 0 Å². The third kappa shape index (κ3) is 2.34. The van der Waals surface area contributed by atoms with Gasteiger partial charge < -0.3 is 10.6 Å². The van der Waals surface area contributed by atoms with Crippen LogP contribution in [-0.2, 0) is 0 Å². The van der Waals surface area contributed by atoms with E-state index in [2.05, 4.69) is 35.6 Å². The molecule has 0 amide bonds. The van der Waals surface area contributed by atoms with Gasteiger partial charge in [-0.25, -0.2) is 9.97 Å². The van der Waals surface area contributed by atoms with Crippen molar-refractivity contribution in [2.75, 3.05) is 18.0 Å². The second-order valence-corrected chi connectivity index (χ2v) is 5.23. The van der Waals surface area contributed by atoms with Crippen LogP contribution < -0.4 is 10.6 Å². The lowest BCUT2D eigenvalue weighted by atomic mass is 10.1. The van der Waals surface area contributed by atoms with E-state index < -0.39 is 0 Å². The van der Waals surface area contributed by atoms with Crippen molar-refractivity contribution in [1.82, 2.24) is 9.97 Å². The van der Waals surface area contributed by atoms with Crippen molar-refractivity contribution in [3.63, 3.8) is 0 Å². The molecule has 0 fully saturated rings. The molecule has 0 saturated carbocycles. The van der Waals surface area contributed by atoms with Crippen LogP contribution in [0.2, 0.25) is 0 Å². The molecular formula is C14H24N4. The van der Waals surface area contributed by atoms with Crippen molar-refractivity contribution in [3.8, 4) is 0 Å². The summed E-state index contributed by atoms with van der Waals surface area (Å²) in [6, 6.07) is 0.0850. The predicted octanol–water partition coefficient (Wildman–Crippen LogP) is 2.61. The molecule has 0 saturated heterocycles. The minimum atomic E-state index is 0.0850. The molecule has 18 heavy (non-hydrogen) atoms. The number of anilines is 1. The highest BCUT2D eigenvalue weighted by Gasteiger charge is 2.31. The zero-order chi connectivity index (χ0) is 13.1. The number of hydrogen-bond donors (Lipinski definition) is 1. The third-order valence-electron chi connectivity index (χ3n) is 3.63. The van der Waals surface area contributed by atoms with Gasteiger partial charge >= 0.3 is 0 Å². The monoisotopic (exact) mass is 248 g/mol. The van der Waals surface area contributed by atoms with Gasteiger partial charge in [-0.15, -0.1) is 0 Å². The molecule has 2 N–H and O–H groups in total. The van der Waals surface area contributed by atoms with Crippen LogP contribution in [0.15, 0.2) is 6.33 Å². The van der Waals surface area contributed by atoms with Gasteiger partial charge in [-0.2, -0.15) is 0 Å². The zero-order valence-corrected chi connectivity index (χ0v) is 11.7. The van der Waals surface area contributed by atoms with E-state index in [1.54, 1.807) is 6.33 Å². The first kappa shape index (κ1) is 13.3. The summed E-state index contributed by atoms with van der Waals surface area (Å²) in [7, 11) is 0. The molecule has 0 spiro atoms. The number of aromatic nitrogens is 2. The maximum Gasteiger partial charge on any atom is 0.135 e. The molecule has 2 rings (SSSR count). The Balaban J connectivity index is 2.38. The summed E-state index contributed by atoms with van der Waals surface area (Å²) in [6.07, 6.45) is 4.94. The number of rotatable bonds is 5. The quantitative estimate of drug-likeness (QED) is 0.870. The Morgan fingerprint density at radius 2 is 1.94 bits per heavy atom. The topological polar surface area (TPSA) is 55.0 Å². The lowest BCUT2D eigenvalue weighted by molar-refractivity contribution is 0.632. The summed E-state index contributed by atoms with van der Waals surface area (Å²) in [5.74, 6) is 1.59. The summed E-state index contributed by atoms with van der Waals surface area (Å²) in [5, 5.41) is 0. The van der Waals surface area contributed by atoms with Crippen LogP contribution in [-0.4, -0.2) is 23.1 Å². The highest BCUT2D eigenvalue weighted by molar-refractivity contribution is 5.53. The van der Waals surface area contributed by atoms with Crippen LogP contribution in [0.25, 0.3) is 0 Å². The van der Waals surface area contributed by atoms with Crippen LogP contribution in [0.1, 0.15) is 63.3 Å². The Hall–Kier alpha value is -1.16. The van der Waals surface area contributed by atoms with Crippen molar-refractivity contribution in [3.05, 3.63) is 17.6 Å². The minimum absolute atomic E-state index is 0.0850. The summed E-state index contributed by atoms with van der Waals surface area (Å²) in [6.45, 7) is 8.76. The Bertz CT molecular complexity index is 399. The van der Waals surface area contributed by atoms with E-state index >= 15 is 0 Å². The molecule has 0 radical (unpaired) electrons. The van der Waals surface area contributed by atoms with Gasteiger partial charge in [-0.3, -0.25) is 0 Å². The first-order valence-corrected chi connectivity index (χ1v) is 7.04. The minimum Gasteiger partial charge on any atom is -0.356 e. The molecule has 2 unspecified atom stereocenters.